The third-order valence-corrected chi connectivity index (χ3v) is 4.35. The predicted molar refractivity (Wildman–Crippen MR) is 78.8 cm³/mol. The standard InChI is InChI=1S/C17H21NO2/c1-3-13-6-4-10-18-11-5-7-14(16(13)18)15-9-8-12(2)17(19)20-15/h3,8H,1,4-7,9-11H2,2H3/b15-14+. The van der Waals surface area contributed by atoms with Crippen molar-refractivity contribution in [1.29, 1.82) is 0 Å². The van der Waals surface area contributed by atoms with Crippen LogP contribution < -0.4 is 0 Å². The number of esters is 1. The van der Waals surface area contributed by atoms with Crippen LogP contribution in [-0.4, -0.2) is 24.0 Å². The molecule has 3 nitrogen and oxygen atoms in total. The summed E-state index contributed by atoms with van der Waals surface area (Å²) in [6.07, 6.45) is 9.07. The number of ether oxygens (including phenoxy) is 1. The van der Waals surface area contributed by atoms with Gasteiger partial charge in [-0.05, 0) is 38.2 Å². The van der Waals surface area contributed by atoms with E-state index in [2.05, 4.69) is 11.5 Å². The first-order chi connectivity index (χ1) is 9.70. The number of carbonyl (C=O) groups excluding carboxylic acids is 1. The molecule has 3 aliphatic heterocycles. The van der Waals surface area contributed by atoms with Crippen molar-refractivity contribution in [3.05, 3.63) is 46.9 Å². The molecule has 0 aromatic heterocycles. The summed E-state index contributed by atoms with van der Waals surface area (Å²) >= 11 is 0. The Balaban J connectivity index is 2.05. The molecule has 0 bridgehead atoms. The van der Waals surface area contributed by atoms with Crippen LogP contribution in [0.25, 0.3) is 0 Å². The molecule has 0 aromatic rings. The summed E-state index contributed by atoms with van der Waals surface area (Å²) in [5.41, 5.74) is 4.53. The van der Waals surface area contributed by atoms with Crippen molar-refractivity contribution in [1.82, 2.24) is 4.90 Å². The number of allylic oxidation sites excluding steroid dienone is 4. The summed E-state index contributed by atoms with van der Waals surface area (Å²) in [5.74, 6) is 0.647. The van der Waals surface area contributed by atoms with Gasteiger partial charge in [-0.15, -0.1) is 0 Å². The summed E-state index contributed by atoms with van der Waals surface area (Å²) in [6.45, 7) is 7.97. The van der Waals surface area contributed by atoms with Crippen molar-refractivity contribution in [2.24, 2.45) is 0 Å². The Bertz CT molecular complexity index is 551. The van der Waals surface area contributed by atoms with E-state index in [0.29, 0.717) is 5.57 Å². The Kier molecular flexibility index (Phi) is 3.51. The second kappa shape index (κ2) is 5.31. The molecule has 3 aliphatic rings. The lowest BCUT2D eigenvalue weighted by molar-refractivity contribution is -0.135. The lowest BCUT2D eigenvalue weighted by Gasteiger charge is -2.39. The zero-order valence-electron chi connectivity index (χ0n) is 12.1. The molecule has 3 rings (SSSR count). The fraction of sp³-hybridized carbons (Fsp3) is 0.471. The van der Waals surface area contributed by atoms with E-state index in [9.17, 15) is 4.79 Å². The molecule has 0 aromatic carbocycles. The number of carbonyl (C=O) groups is 1. The lowest BCUT2D eigenvalue weighted by Crippen LogP contribution is -2.35. The third kappa shape index (κ3) is 2.21. The van der Waals surface area contributed by atoms with Crippen LogP contribution in [0, 0.1) is 0 Å². The molecule has 106 valence electrons. The summed E-state index contributed by atoms with van der Waals surface area (Å²) in [7, 11) is 0. The minimum Gasteiger partial charge on any atom is -0.427 e. The van der Waals surface area contributed by atoms with Gasteiger partial charge < -0.3 is 9.64 Å². The quantitative estimate of drug-likeness (QED) is 0.684. The van der Waals surface area contributed by atoms with Gasteiger partial charge in [-0.25, -0.2) is 4.79 Å². The first-order valence-corrected chi connectivity index (χ1v) is 7.42. The highest BCUT2D eigenvalue weighted by atomic mass is 16.5. The minimum atomic E-state index is -0.201. The molecule has 0 aliphatic carbocycles. The van der Waals surface area contributed by atoms with E-state index < -0.39 is 0 Å². The van der Waals surface area contributed by atoms with Crippen LogP contribution in [0.2, 0.25) is 0 Å². The van der Waals surface area contributed by atoms with Crippen molar-refractivity contribution in [3.63, 3.8) is 0 Å². The second-order valence-electron chi connectivity index (χ2n) is 5.65. The van der Waals surface area contributed by atoms with Gasteiger partial charge in [-0.1, -0.05) is 18.7 Å². The average molecular weight is 271 g/mol. The first-order valence-electron chi connectivity index (χ1n) is 7.42. The maximum absolute atomic E-state index is 11.8. The summed E-state index contributed by atoms with van der Waals surface area (Å²) in [6, 6.07) is 0. The van der Waals surface area contributed by atoms with Crippen LogP contribution in [0.15, 0.2) is 46.9 Å². The van der Waals surface area contributed by atoms with Crippen molar-refractivity contribution < 1.29 is 9.53 Å². The van der Waals surface area contributed by atoms with Gasteiger partial charge in [0.15, 0.2) is 0 Å². The number of fused-ring (bicyclic) bond motifs is 1. The Hall–Kier alpha value is -1.77. The zero-order chi connectivity index (χ0) is 14.1. The van der Waals surface area contributed by atoms with E-state index in [-0.39, 0.29) is 5.97 Å². The van der Waals surface area contributed by atoms with Gasteiger partial charge in [-0.2, -0.15) is 0 Å². The zero-order valence-corrected chi connectivity index (χ0v) is 12.1. The second-order valence-corrected chi connectivity index (χ2v) is 5.65. The minimum absolute atomic E-state index is 0.201. The molecule has 20 heavy (non-hydrogen) atoms. The van der Waals surface area contributed by atoms with Gasteiger partial charge in [-0.3, -0.25) is 0 Å². The number of hydrogen-bond acceptors (Lipinski definition) is 3. The highest BCUT2D eigenvalue weighted by Gasteiger charge is 2.29. The number of rotatable bonds is 1. The maximum atomic E-state index is 11.8. The molecule has 3 heterocycles. The number of piperidine rings is 1. The molecule has 0 unspecified atom stereocenters. The lowest BCUT2D eigenvalue weighted by atomic mass is 9.89. The van der Waals surface area contributed by atoms with E-state index in [1.165, 1.54) is 23.3 Å². The Morgan fingerprint density at radius 3 is 2.75 bits per heavy atom. The van der Waals surface area contributed by atoms with E-state index in [4.69, 9.17) is 4.74 Å². The van der Waals surface area contributed by atoms with Crippen LogP contribution in [0.3, 0.4) is 0 Å². The molecule has 0 amide bonds. The van der Waals surface area contributed by atoms with Gasteiger partial charge in [0.2, 0.25) is 0 Å². The predicted octanol–water partition coefficient (Wildman–Crippen LogP) is 3.46. The molecule has 0 N–H and O–H groups in total. The Morgan fingerprint density at radius 1 is 1.30 bits per heavy atom. The number of hydrogen-bond donors (Lipinski definition) is 0. The van der Waals surface area contributed by atoms with Gasteiger partial charge in [0.05, 0.1) is 0 Å². The molecule has 1 saturated heterocycles. The maximum Gasteiger partial charge on any atom is 0.338 e. The monoisotopic (exact) mass is 271 g/mol. The van der Waals surface area contributed by atoms with Crippen molar-refractivity contribution in [2.45, 2.75) is 39.0 Å². The Labute approximate surface area is 120 Å². The molecule has 0 atom stereocenters. The van der Waals surface area contributed by atoms with Crippen LogP contribution in [-0.2, 0) is 9.53 Å². The van der Waals surface area contributed by atoms with Gasteiger partial charge in [0.25, 0.3) is 0 Å². The molecule has 0 saturated carbocycles. The molecule has 1 fully saturated rings. The normalized spacial score (nSPS) is 26.9. The molecule has 0 radical (unpaired) electrons. The average Bonchev–Trinajstić information content (AvgIpc) is 2.49. The van der Waals surface area contributed by atoms with E-state index in [1.54, 1.807) is 0 Å². The van der Waals surface area contributed by atoms with Crippen molar-refractivity contribution >= 4 is 5.97 Å². The highest BCUT2D eigenvalue weighted by molar-refractivity contribution is 5.89. The fourth-order valence-electron chi connectivity index (χ4n) is 3.29. The van der Waals surface area contributed by atoms with Crippen LogP contribution in [0.4, 0.5) is 0 Å². The van der Waals surface area contributed by atoms with Gasteiger partial charge in [0, 0.05) is 36.4 Å². The topological polar surface area (TPSA) is 29.5 Å². The van der Waals surface area contributed by atoms with Crippen molar-refractivity contribution in [2.75, 3.05) is 13.1 Å². The largest absolute Gasteiger partial charge is 0.427 e. The molecular weight excluding hydrogens is 250 g/mol. The summed E-state index contributed by atoms with van der Waals surface area (Å²) in [5, 5.41) is 0. The van der Waals surface area contributed by atoms with Crippen LogP contribution >= 0.6 is 0 Å². The van der Waals surface area contributed by atoms with E-state index in [1.807, 2.05) is 19.1 Å². The van der Waals surface area contributed by atoms with Crippen LogP contribution in [0.5, 0.6) is 0 Å². The number of cyclic esters (lactones) is 1. The fourth-order valence-corrected chi connectivity index (χ4v) is 3.29. The third-order valence-electron chi connectivity index (χ3n) is 4.35. The smallest absolute Gasteiger partial charge is 0.338 e. The van der Waals surface area contributed by atoms with Crippen molar-refractivity contribution in [3.8, 4) is 0 Å². The Morgan fingerprint density at radius 2 is 2.05 bits per heavy atom. The molecular formula is C17H21NO2. The molecule has 3 heteroatoms. The highest BCUT2D eigenvalue weighted by Crippen LogP contribution is 2.38. The summed E-state index contributed by atoms with van der Waals surface area (Å²) in [4.78, 5) is 14.2. The van der Waals surface area contributed by atoms with Gasteiger partial charge in [0.1, 0.15) is 5.76 Å². The molecule has 0 spiro atoms. The van der Waals surface area contributed by atoms with E-state index >= 15 is 0 Å². The number of nitrogens with zero attached hydrogens (tertiary/aromatic N) is 1. The van der Waals surface area contributed by atoms with Crippen LogP contribution in [0.1, 0.15) is 39.0 Å². The SMILES string of the molecule is C=CC1=C2/C(=C3\CC=C(C)C(=O)O3)CCCN2CCC1. The van der Waals surface area contributed by atoms with Gasteiger partial charge >= 0.3 is 5.97 Å². The first kappa shape index (κ1) is 13.2. The van der Waals surface area contributed by atoms with E-state index in [0.717, 1.165) is 44.5 Å². The summed E-state index contributed by atoms with van der Waals surface area (Å²) < 4.78 is 5.56.